The van der Waals surface area contributed by atoms with Crippen LogP contribution in [-0.2, 0) is 13.0 Å². The topological polar surface area (TPSA) is 76.4 Å². The molecule has 0 atom stereocenters. The van der Waals surface area contributed by atoms with E-state index >= 15 is 0 Å². The zero-order chi connectivity index (χ0) is 17.9. The van der Waals surface area contributed by atoms with Gasteiger partial charge in [0.2, 0.25) is 0 Å². The van der Waals surface area contributed by atoms with Crippen molar-refractivity contribution in [2.45, 2.75) is 26.3 Å². The number of nitrogens with zero attached hydrogens (tertiary/aromatic N) is 4. The summed E-state index contributed by atoms with van der Waals surface area (Å²) in [4.78, 5) is 4.19. The molecule has 1 aromatic carbocycles. The zero-order valence-electron chi connectivity index (χ0n) is 14.7. The summed E-state index contributed by atoms with van der Waals surface area (Å²) in [6, 6.07) is 6.02. The Bertz CT molecular complexity index is 655. The molecule has 0 aliphatic heterocycles. The van der Waals surface area contributed by atoms with Crippen LogP contribution in [0.25, 0.3) is 0 Å². The van der Waals surface area contributed by atoms with Gasteiger partial charge in [0.15, 0.2) is 5.96 Å². The van der Waals surface area contributed by atoms with Crippen molar-refractivity contribution in [3.8, 4) is 5.75 Å². The lowest BCUT2D eigenvalue weighted by Gasteiger charge is -2.13. The highest BCUT2D eigenvalue weighted by Crippen LogP contribution is 2.10. The number of aryl methyl sites for hydroxylation is 1. The molecule has 0 radical (unpaired) electrons. The van der Waals surface area contributed by atoms with Gasteiger partial charge in [-0.2, -0.15) is 0 Å². The molecule has 2 aromatic rings. The van der Waals surface area contributed by atoms with E-state index in [-0.39, 0.29) is 5.82 Å². The van der Waals surface area contributed by atoms with E-state index in [2.05, 4.69) is 32.7 Å². The summed E-state index contributed by atoms with van der Waals surface area (Å²) in [7, 11) is 1.74. The van der Waals surface area contributed by atoms with Gasteiger partial charge in [-0.15, -0.1) is 10.2 Å². The van der Waals surface area contributed by atoms with Crippen LogP contribution >= 0.6 is 0 Å². The van der Waals surface area contributed by atoms with Crippen LogP contribution in [0.15, 0.2) is 35.6 Å². The van der Waals surface area contributed by atoms with Gasteiger partial charge in [0.1, 0.15) is 23.7 Å². The van der Waals surface area contributed by atoms with Crippen molar-refractivity contribution in [2.75, 3.05) is 26.7 Å². The second kappa shape index (κ2) is 10.3. The largest absolute Gasteiger partial charge is 0.494 e. The third-order valence-corrected chi connectivity index (χ3v) is 3.58. The van der Waals surface area contributed by atoms with Crippen LogP contribution in [0.1, 0.15) is 19.2 Å². The molecule has 7 nitrogen and oxygen atoms in total. The molecular weight excluding hydrogens is 323 g/mol. The zero-order valence-corrected chi connectivity index (χ0v) is 14.7. The highest BCUT2D eigenvalue weighted by molar-refractivity contribution is 5.79. The first kappa shape index (κ1) is 18.7. The number of ether oxygens (including phenoxy) is 1. The molecule has 2 rings (SSSR count). The van der Waals surface area contributed by atoms with Crippen LogP contribution < -0.4 is 15.4 Å². The van der Waals surface area contributed by atoms with E-state index in [0.717, 1.165) is 44.3 Å². The number of hydrogen-bond donors (Lipinski definition) is 2. The van der Waals surface area contributed by atoms with Gasteiger partial charge in [-0.1, -0.05) is 6.92 Å². The summed E-state index contributed by atoms with van der Waals surface area (Å²) in [5.41, 5.74) is 0. The van der Waals surface area contributed by atoms with Crippen LogP contribution in [-0.4, -0.2) is 47.5 Å². The summed E-state index contributed by atoms with van der Waals surface area (Å²) in [5.74, 6) is 2.13. The average molecular weight is 348 g/mol. The highest BCUT2D eigenvalue weighted by atomic mass is 19.1. The van der Waals surface area contributed by atoms with Gasteiger partial charge in [0, 0.05) is 33.1 Å². The molecule has 0 fully saturated rings. The van der Waals surface area contributed by atoms with Crippen LogP contribution in [0.2, 0.25) is 0 Å². The van der Waals surface area contributed by atoms with E-state index in [1.54, 1.807) is 25.5 Å². The number of halogens is 1. The summed E-state index contributed by atoms with van der Waals surface area (Å²) >= 11 is 0. The predicted octanol–water partition coefficient (Wildman–Crippen LogP) is 1.61. The number of aliphatic imine (C=N–C) groups is 1. The van der Waals surface area contributed by atoms with Gasteiger partial charge in [-0.3, -0.25) is 4.99 Å². The van der Waals surface area contributed by atoms with E-state index in [1.807, 2.05) is 4.57 Å². The van der Waals surface area contributed by atoms with E-state index in [0.29, 0.717) is 12.4 Å². The third kappa shape index (κ3) is 6.40. The maximum absolute atomic E-state index is 12.8. The summed E-state index contributed by atoms with van der Waals surface area (Å²) in [6.45, 7) is 4.85. The molecule has 136 valence electrons. The van der Waals surface area contributed by atoms with Crippen LogP contribution in [0.4, 0.5) is 4.39 Å². The minimum absolute atomic E-state index is 0.263. The van der Waals surface area contributed by atoms with Crippen molar-refractivity contribution in [2.24, 2.45) is 4.99 Å². The van der Waals surface area contributed by atoms with Gasteiger partial charge in [0.05, 0.1) is 6.61 Å². The molecule has 1 aromatic heterocycles. The molecule has 8 heteroatoms. The summed E-state index contributed by atoms with van der Waals surface area (Å²) in [6.07, 6.45) is 3.41. The maximum atomic E-state index is 12.8. The van der Waals surface area contributed by atoms with E-state index < -0.39 is 0 Å². The van der Waals surface area contributed by atoms with E-state index in [9.17, 15) is 4.39 Å². The second-order valence-electron chi connectivity index (χ2n) is 5.38. The molecule has 25 heavy (non-hydrogen) atoms. The molecule has 1 heterocycles. The average Bonchev–Trinajstić information content (AvgIpc) is 3.09. The van der Waals surface area contributed by atoms with Crippen molar-refractivity contribution in [3.63, 3.8) is 0 Å². The molecule has 0 spiro atoms. The van der Waals surface area contributed by atoms with Gasteiger partial charge in [-0.05, 0) is 30.7 Å². The number of rotatable bonds is 9. The summed E-state index contributed by atoms with van der Waals surface area (Å²) in [5, 5.41) is 14.5. The molecule has 0 amide bonds. The van der Waals surface area contributed by atoms with Crippen molar-refractivity contribution >= 4 is 5.96 Å². The van der Waals surface area contributed by atoms with Crippen molar-refractivity contribution < 1.29 is 9.13 Å². The molecule has 0 saturated carbocycles. The minimum Gasteiger partial charge on any atom is -0.494 e. The Balaban J connectivity index is 1.59. The van der Waals surface area contributed by atoms with Gasteiger partial charge in [-0.25, -0.2) is 4.39 Å². The fourth-order valence-corrected chi connectivity index (χ4v) is 2.25. The Kier molecular flexibility index (Phi) is 7.68. The van der Waals surface area contributed by atoms with E-state index in [1.165, 1.54) is 12.1 Å². The SMILES string of the molecule is CCc1nncn1CCNC(=NC)NCCCOc1ccc(F)cc1. The Morgan fingerprint density at radius 1 is 1.24 bits per heavy atom. The highest BCUT2D eigenvalue weighted by Gasteiger charge is 2.02. The standard InChI is InChI=1S/C17H25FN6O/c1-3-16-23-22-13-24(16)11-10-21-17(19-2)20-9-4-12-25-15-7-5-14(18)6-8-15/h5-8,13H,3-4,9-12H2,1-2H3,(H2,19,20,21). The quantitative estimate of drug-likeness (QED) is 0.409. The van der Waals surface area contributed by atoms with Crippen molar-refractivity contribution in [1.82, 2.24) is 25.4 Å². The molecule has 2 N–H and O–H groups in total. The van der Waals surface area contributed by atoms with Crippen LogP contribution in [0.3, 0.4) is 0 Å². The fourth-order valence-electron chi connectivity index (χ4n) is 2.25. The number of hydrogen-bond acceptors (Lipinski definition) is 4. The fraction of sp³-hybridized carbons (Fsp3) is 0.471. The number of nitrogens with one attached hydrogen (secondary N) is 2. The van der Waals surface area contributed by atoms with Gasteiger partial charge < -0.3 is 19.9 Å². The van der Waals surface area contributed by atoms with Crippen LogP contribution in [0, 0.1) is 5.82 Å². The smallest absolute Gasteiger partial charge is 0.191 e. The van der Waals surface area contributed by atoms with Crippen LogP contribution in [0.5, 0.6) is 5.75 Å². The number of benzene rings is 1. The lowest BCUT2D eigenvalue weighted by molar-refractivity contribution is 0.310. The monoisotopic (exact) mass is 348 g/mol. The van der Waals surface area contributed by atoms with Gasteiger partial charge in [0.25, 0.3) is 0 Å². The normalized spacial score (nSPS) is 11.4. The number of guanidine groups is 1. The van der Waals surface area contributed by atoms with Crippen molar-refractivity contribution in [1.29, 1.82) is 0 Å². The second-order valence-corrected chi connectivity index (χ2v) is 5.38. The Labute approximate surface area is 147 Å². The molecule has 0 bridgehead atoms. The van der Waals surface area contributed by atoms with Crippen molar-refractivity contribution in [3.05, 3.63) is 42.2 Å². The third-order valence-electron chi connectivity index (χ3n) is 3.58. The Hall–Kier alpha value is -2.64. The minimum atomic E-state index is -0.263. The Morgan fingerprint density at radius 2 is 2.00 bits per heavy atom. The molecule has 0 unspecified atom stereocenters. The first-order chi connectivity index (χ1) is 12.2. The molecule has 0 aliphatic carbocycles. The first-order valence-electron chi connectivity index (χ1n) is 8.42. The molecule has 0 saturated heterocycles. The predicted molar refractivity (Wildman–Crippen MR) is 95.3 cm³/mol. The lowest BCUT2D eigenvalue weighted by atomic mass is 10.3. The first-order valence-corrected chi connectivity index (χ1v) is 8.42. The maximum Gasteiger partial charge on any atom is 0.191 e. The molecular formula is C17H25FN6O. The molecule has 0 aliphatic rings. The number of aromatic nitrogens is 3. The summed E-state index contributed by atoms with van der Waals surface area (Å²) < 4.78 is 20.4. The van der Waals surface area contributed by atoms with E-state index in [4.69, 9.17) is 4.74 Å². The van der Waals surface area contributed by atoms with Gasteiger partial charge >= 0.3 is 0 Å². The Morgan fingerprint density at radius 3 is 2.72 bits per heavy atom. The lowest BCUT2D eigenvalue weighted by Crippen LogP contribution is -2.39.